The molecule has 1 aliphatic rings. The monoisotopic (exact) mass is 343 g/mol. The minimum Gasteiger partial charge on any atom is -0.493 e. The zero-order valence-electron chi connectivity index (χ0n) is 15.0. The normalized spacial score (nSPS) is 15.9. The molecule has 0 spiro atoms. The molecule has 1 heterocycles. The van der Waals surface area contributed by atoms with Crippen LogP contribution in [0.25, 0.3) is 0 Å². The van der Waals surface area contributed by atoms with Crippen LogP contribution in [0.3, 0.4) is 0 Å². The van der Waals surface area contributed by atoms with E-state index in [0.717, 1.165) is 28.6 Å². The molecule has 2 aromatic rings. The molecule has 0 aromatic heterocycles. The van der Waals surface area contributed by atoms with Gasteiger partial charge in [0, 0.05) is 18.7 Å². The molecule has 0 saturated carbocycles. The van der Waals surface area contributed by atoms with Gasteiger partial charge in [0.15, 0.2) is 23.0 Å². The van der Waals surface area contributed by atoms with Crippen molar-refractivity contribution in [1.82, 2.24) is 5.32 Å². The van der Waals surface area contributed by atoms with Crippen LogP contribution in [0, 0.1) is 0 Å². The second kappa shape index (κ2) is 8.12. The van der Waals surface area contributed by atoms with E-state index < -0.39 is 0 Å². The third-order valence-electron chi connectivity index (χ3n) is 3.89. The summed E-state index contributed by atoms with van der Waals surface area (Å²) in [6.07, 6.45) is 0.0663. The van der Waals surface area contributed by atoms with Gasteiger partial charge in [0.25, 0.3) is 0 Å². The van der Waals surface area contributed by atoms with E-state index in [0.29, 0.717) is 19.7 Å². The number of hydrogen-bond donors (Lipinski definition) is 1. The van der Waals surface area contributed by atoms with Gasteiger partial charge in [0.2, 0.25) is 0 Å². The summed E-state index contributed by atoms with van der Waals surface area (Å²) in [5, 5.41) is 3.43. The fourth-order valence-electron chi connectivity index (χ4n) is 2.76. The lowest BCUT2D eigenvalue weighted by Crippen LogP contribution is -2.38. The van der Waals surface area contributed by atoms with E-state index in [1.54, 1.807) is 7.11 Å². The fourth-order valence-corrected chi connectivity index (χ4v) is 2.76. The molecule has 2 aromatic carbocycles. The number of methoxy groups -OCH3 is 1. The Hall–Kier alpha value is -2.40. The van der Waals surface area contributed by atoms with Gasteiger partial charge >= 0.3 is 0 Å². The Kier molecular flexibility index (Phi) is 5.66. The minimum absolute atomic E-state index is 0.0185. The topological polar surface area (TPSA) is 49.0 Å². The van der Waals surface area contributed by atoms with Crippen LogP contribution in [0.1, 0.15) is 19.4 Å². The highest BCUT2D eigenvalue weighted by atomic mass is 16.6. The number of hydrogen-bond acceptors (Lipinski definition) is 5. The lowest BCUT2D eigenvalue weighted by atomic mass is 10.1. The minimum atomic E-state index is -0.0185. The summed E-state index contributed by atoms with van der Waals surface area (Å²) in [7, 11) is 1.66. The molecule has 0 amide bonds. The first-order chi connectivity index (χ1) is 12.2. The molecule has 0 radical (unpaired) electrons. The van der Waals surface area contributed by atoms with Crippen molar-refractivity contribution in [1.29, 1.82) is 0 Å². The molecular weight excluding hydrogens is 318 g/mol. The van der Waals surface area contributed by atoms with E-state index in [2.05, 4.69) is 5.32 Å². The van der Waals surface area contributed by atoms with Crippen LogP contribution >= 0.6 is 0 Å². The highest BCUT2D eigenvalue weighted by molar-refractivity contribution is 5.46. The first kappa shape index (κ1) is 17.4. The largest absolute Gasteiger partial charge is 0.493 e. The number of ether oxygens (including phenoxy) is 4. The summed E-state index contributed by atoms with van der Waals surface area (Å²) in [5.41, 5.74) is 1.06. The Bertz CT molecular complexity index is 702. The fraction of sp³-hybridized carbons (Fsp3) is 0.400. The highest BCUT2D eigenvalue weighted by Gasteiger charge is 2.20. The summed E-state index contributed by atoms with van der Waals surface area (Å²) in [5.74, 6) is 3.14. The third-order valence-corrected chi connectivity index (χ3v) is 3.89. The van der Waals surface area contributed by atoms with E-state index in [1.807, 2.05) is 56.3 Å². The Morgan fingerprint density at radius 2 is 1.92 bits per heavy atom. The number of para-hydroxylation sites is 3. The summed E-state index contributed by atoms with van der Waals surface area (Å²) in [6.45, 7) is 5.91. The van der Waals surface area contributed by atoms with Crippen LogP contribution in [0.4, 0.5) is 0 Å². The summed E-state index contributed by atoms with van der Waals surface area (Å²) < 4.78 is 23.1. The number of benzene rings is 2. The quantitative estimate of drug-likeness (QED) is 0.835. The lowest BCUT2D eigenvalue weighted by molar-refractivity contribution is 0.0901. The zero-order chi connectivity index (χ0) is 17.6. The molecule has 1 unspecified atom stereocenters. The van der Waals surface area contributed by atoms with E-state index >= 15 is 0 Å². The van der Waals surface area contributed by atoms with Crippen molar-refractivity contribution in [2.24, 2.45) is 0 Å². The van der Waals surface area contributed by atoms with E-state index in [4.69, 9.17) is 18.9 Å². The highest BCUT2D eigenvalue weighted by Crippen LogP contribution is 2.32. The van der Waals surface area contributed by atoms with Crippen molar-refractivity contribution in [3.05, 3.63) is 48.0 Å². The zero-order valence-corrected chi connectivity index (χ0v) is 15.0. The SMILES string of the molecule is COc1cccc(CNCC2COc3ccccc3O2)c1OC(C)C. The summed E-state index contributed by atoms with van der Waals surface area (Å²) in [6, 6.07) is 13.7. The molecule has 1 atom stereocenters. The molecule has 134 valence electrons. The van der Waals surface area contributed by atoms with Crippen molar-refractivity contribution in [2.45, 2.75) is 32.6 Å². The van der Waals surface area contributed by atoms with E-state index in [-0.39, 0.29) is 12.2 Å². The van der Waals surface area contributed by atoms with Crippen molar-refractivity contribution >= 4 is 0 Å². The smallest absolute Gasteiger partial charge is 0.166 e. The lowest BCUT2D eigenvalue weighted by Gasteiger charge is -2.26. The second-order valence-corrected chi connectivity index (χ2v) is 6.24. The van der Waals surface area contributed by atoms with Crippen LogP contribution in [0.5, 0.6) is 23.0 Å². The van der Waals surface area contributed by atoms with E-state index in [9.17, 15) is 0 Å². The molecule has 0 bridgehead atoms. The molecule has 0 aliphatic carbocycles. The molecule has 0 fully saturated rings. The molecule has 1 aliphatic heterocycles. The Labute approximate surface area is 148 Å². The van der Waals surface area contributed by atoms with Gasteiger partial charge in [-0.25, -0.2) is 0 Å². The van der Waals surface area contributed by atoms with Gasteiger partial charge in [-0.05, 0) is 32.0 Å². The molecule has 3 rings (SSSR count). The maximum Gasteiger partial charge on any atom is 0.166 e. The van der Waals surface area contributed by atoms with Crippen LogP contribution in [-0.2, 0) is 6.54 Å². The van der Waals surface area contributed by atoms with Crippen molar-refractivity contribution in [3.8, 4) is 23.0 Å². The van der Waals surface area contributed by atoms with Crippen LogP contribution in [-0.4, -0.2) is 32.5 Å². The maximum absolute atomic E-state index is 5.97. The second-order valence-electron chi connectivity index (χ2n) is 6.24. The van der Waals surface area contributed by atoms with Crippen LogP contribution in [0.2, 0.25) is 0 Å². The van der Waals surface area contributed by atoms with E-state index in [1.165, 1.54) is 0 Å². The average Bonchev–Trinajstić information content (AvgIpc) is 2.62. The van der Waals surface area contributed by atoms with Crippen molar-refractivity contribution < 1.29 is 18.9 Å². The van der Waals surface area contributed by atoms with Gasteiger partial charge in [0.1, 0.15) is 12.7 Å². The first-order valence-corrected chi connectivity index (χ1v) is 8.59. The van der Waals surface area contributed by atoms with Gasteiger partial charge in [0.05, 0.1) is 13.2 Å². The van der Waals surface area contributed by atoms with Gasteiger partial charge in [-0.1, -0.05) is 24.3 Å². The van der Waals surface area contributed by atoms with Gasteiger partial charge in [-0.2, -0.15) is 0 Å². The molecular formula is C20H25NO4. The van der Waals surface area contributed by atoms with Gasteiger partial charge in [-0.15, -0.1) is 0 Å². The van der Waals surface area contributed by atoms with Crippen LogP contribution in [0.15, 0.2) is 42.5 Å². The van der Waals surface area contributed by atoms with Gasteiger partial charge < -0.3 is 24.3 Å². The summed E-state index contributed by atoms with van der Waals surface area (Å²) in [4.78, 5) is 0. The predicted octanol–water partition coefficient (Wildman–Crippen LogP) is 3.41. The predicted molar refractivity (Wildman–Crippen MR) is 96.8 cm³/mol. The van der Waals surface area contributed by atoms with Gasteiger partial charge in [-0.3, -0.25) is 0 Å². The number of rotatable bonds is 7. The summed E-state index contributed by atoms with van der Waals surface area (Å²) >= 11 is 0. The molecule has 5 heteroatoms. The van der Waals surface area contributed by atoms with Crippen molar-refractivity contribution in [3.63, 3.8) is 0 Å². The third kappa shape index (κ3) is 4.37. The Balaban J connectivity index is 1.59. The molecule has 25 heavy (non-hydrogen) atoms. The van der Waals surface area contributed by atoms with Crippen molar-refractivity contribution in [2.75, 3.05) is 20.3 Å². The molecule has 0 saturated heterocycles. The average molecular weight is 343 g/mol. The standard InChI is InChI=1S/C20H25NO4/c1-14(2)24-20-15(7-6-10-19(20)22-3)11-21-12-16-13-23-17-8-4-5-9-18(17)25-16/h4-10,14,16,21H,11-13H2,1-3H3. The first-order valence-electron chi connectivity index (χ1n) is 8.59. The Morgan fingerprint density at radius 3 is 2.68 bits per heavy atom. The Morgan fingerprint density at radius 1 is 1.12 bits per heavy atom. The molecule has 5 nitrogen and oxygen atoms in total. The number of fused-ring (bicyclic) bond motifs is 1. The van der Waals surface area contributed by atoms with Crippen LogP contribution < -0.4 is 24.3 Å². The number of nitrogens with one attached hydrogen (secondary N) is 1. The maximum atomic E-state index is 5.97. The molecule has 1 N–H and O–H groups in total.